The van der Waals surface area contributed by atoms with Gasteiger partial charge >= 0.3 is 5.97 Å². The summed E-state index contributed by atoms with van der Waals surface area (Å²) in [5, 5.41) is 17.7. The summed E-state index contributed by atoms with van der Waals surface area (Å²) in [7, 11) is 0. The molecule has 0 spiro atoms. The van der Waals surface area contributed by atoms with Gasteiger partial charge in [-0.1, -0.05) is 0 Å². The van der Waals surface area contributed by atoms with Crippen molar-refractivity contribution in [1.82, 2.24) is 8.75 Å². The summed E-state index contributed by atoms with van der Waals surface area (Å²) in [6, 6.07) is 0. The molecule has 90 valence electrons. The quantitative estimate of drug-likeness (QED) is 0.700. The number of carboxylic acid groups (broad SMARTS) is 1. The molecule has 0 aromatic carbocycles. The third-order valence-electron chi connectivity index (χ3n) is 1.69. The summed E-state index contributed by atoms with van der Waals surface area (Å²) in [6.45, 7) is 0.0228. The van der Waals surface area contributed by atoms with Crippen molar-refractivity contribution in [3.05, 3.63) is 5.69 Å². The van der Waals surface area contributed by atoms with E-state index in [9.17, 15) is 4.79 Å². The maximum atomic E-state index is 10.4. The number of hydrogen-bond donors (Lipinski definition) is 2. The fourth-order valence-corrected chi connectivity index (χ4v) is 1.54. The Hall–Kier alpha value is -0.920. The van der Waals surface area contributed by atoms with E-state index in [1.165, 1.54) is 0 Å². The lowest BCUT2D eigenvalue weighted by molar-refractivity contribution is -0.136. The Morgan fingerprint density at radius 3 is 2.94 bits per heavy atom. The monoisotopic (exact) mass is 266 g/mol. The van der Waals surface area contributed by atoms with Crippen LogP contribution in [0.4, 0.5) is 0 Å². The Morgan fingerprint density at radius 1 is 1.56 bits per heavy atom. The van der Waals surface area contributed by atoms with E-state index in [0.29, 0.717) is 5.69 Å². The molecule has 1 rings (SSSR count). The number of ether oxygens (including phenoxy) is 1. The van der Waals surface area contributed by atoms with Gasteiger partial charge in [-0.25, -0.2) is 0 Å². The lowest BCUT2D eigenvalue weighted by Gasteiger charge is -2.07. The molecular formula is C8H11ClN2O4S. The van der Waals surface area contributed by atoms with Crippen molar-refractivity contribution in [2.75, 3.05) is 12.5 Å². The van der Waals surface area contributed by atoms with Crippen LogP contribution in [0.5, 0.6) is 5.88 Å². The summed E-state index contributed by atoms with van der Waals surface area (Å²) in [6.07, 6.45) is -0.534. The summed E-state index contributed by atoms with van der Waals surface area (Å²) >= 11 is 6.34. The molecule has 0 saturated carbocycles. The topological polar surface area (TPSA) is 92.5 Å². The predicted octanol–water partition coefficient (Wildman–Crippen LogP) is 0.534. The first-order valence-corrected chi connectivity index (χ1v) is 5.80. The van der Waals surface area contributed by atoms with Gasteiger partial charge in [0.2, 0.25) is 5.88 Å². The molecule has 8 heteroatoms. The zero-order chi connectivity index (χ0) is 12.0. The third kappa shape index (κ3) is 4.30. The summed E-state index contributed by atoms with van der Waals surface area (Å²) in [4.78, 5) is 10.4. The number of carboxylic acids is 1. The van der Waals surface area contributed by atoms with Crippen molar-refractivity contribution in [1.29, 1.82) is 0 Å². The van der Waals surface area contributed by atoms with E-state index in [2.05, 4.69) is 8.75 Å². The second-order valence-corrected chi connectivity index (χ2v) is 3.87. The highest BCUT2D eigenvalue weighted by Gasteiger charge is 2.12. The summed E-state index contributed by atoms with van der Waals surface area (Å²) in [5.74, 6) is -0.558. The zero-order valence-electron chi connectivity index (χ0n) is 8.30. The number of aromatic nitrogens is 2. The minimum atomic E-state index is -0.903. The molecule has 0 saturated heterocycles. The van der Waals surface area contributed by atoms with E-state index in [4.69, 9.17) is 26.6 Å². The van der Waals surface area contributed by atoms with Crippen molar-refractivity contribution in [2.45, 2.75) is 18.9 Å². The van der Waals surface area contributed by atoms with Crippen molar-refractivity contribution < 1.29 is 19.7 Å². The van der Waals surface area contributed by atoms with Gasteiger partial charge in [-0.05, 0) is 0 Å². The molecule has 0 fully saturated rings. The van der Waals surface area contributed by atoms with Crippen LogP contribution in [0, 0.1) is 0 Å². The molecule has 0 aliphatic carbocycles. The number of carbonyl (C=O) groups is 1. The smallest absolute Gasteiger partial charge is 0.303 e. The Labute approximate surface area is 101 Å². The van der Waals surface area contributed by atoms with Crippen molar-refractivity contribution >= 4 is 29.3 Å². The van der Waals surface area contributed by atoms with Crippen LogP contribution in [0.1, 0.15) is 12.1 Å². The van der Waals surface area contributed by atoms with Crippen LogP contribution in [0.15, 0.2) is 0 Å². The van der Waals surface area contributed by atoms with Gasteiger partial charge in [-0.3, -0.25) is 4.79 Å². The molecule has 0 amide bonds. The molecule has 0 bridgehead atoms. The van der Waals surface area contributed by atoms with Crippen LogP contribution in [0.2, 0.25) is 0 Å². The number of aliphatic hydroxyl groups is 1. The fourth-order valence-electron chi connectivity index (χ4n) is 0.906. The van der Waals surface area contributed by atoms with Gasteiger partial charge in [0, 0.05) is 6.42 Å². The Morgan fingerprint density at radius 2 is 2.31 bits per heavy atom. The minimum absolute atomic E-state index is 0.0228. The summed E-state index contributed by atoms with van der Waals surface area (Å²) < 4.78 is 13.0. The van der Waals surface area contributed by atoms with Gasteiger partial charge in [0.05, 0.1) is 24.0 Å². The van der Waals surface area contributed by atoms with Gasteiger partial charge in [0.1, 0.15) is 18.4 Å². The van der Waals surface area contributed by atoms with Gasteiger partial charge in [-0.15, -0.1) is 16.0 Å². The highest BCUT2D eigenvalue weighted by molar-refractivity contribution is 6.99. The maximum Gasteiger partial charge on any atom is 0.303 e. The SMILES string of the molecule is O=C(O)CCc1nsnc1OCC(O)CCl. The Kier molecular flexibility index (Phi) is 5.44. The Balaban J connectivity index is 2.46. The molecule has 6 nitrogen and oxygen atoms in total. The molecule has 2 N–H and O–H groups in total. The van der Waals surface area contributed by atoms with Gasteiger partial charge < -0.3 is 14.9 Å². The van der Waals surface area contributed by atoms with Crippen LogP contribution < -0.4 is 4.74 Å². The van der Waals surface area contributed by atoms with E-state index in [1.807, 2.05) is 0 Å². The van der Waals surface area contributed by atoms with Crippen molar-refractivity contribution in [2.24, 2.45) is 0 Å². The number of alkyl halides is 1. The van der Waals surface area contributed by atoms with E-state index >= 15 is 0 Å². The van der Waals surface area contributed by atoms with E-state index in [0.717, 1.165) is 11.7 Å². The summed E-state index contributed by atoms with van der Waals surface area (Å²) in [5.41, 5.74) is 0.495. The molecule has 1 atom stereocenters. The molecule has 1 heterocycles. The second-order valence-electron chi connectivity index (χ2n) is 3.03. The number of nitrogens with zero attached hydrogens (tertiary/aromatic N) is 2. The number of rotatable bonds is 7. The first kappa shape index (κ1) is 13.1. The van der Waals surface area contributed by atoms with Crippen molar-refractivity contribution in [3.8, 4) is 5.88 Å². The molecule has 1 unspecified atom stereocenters. The van der Waals surface area contributed by atoms with Crippen LogP contribution >= 0.6 is 23.3 Å². The first-order chi connectivity index (χ1) is 7.63. The molecule has 1 aromatic rings. The maximum absolute atomic E-state index is 10.4. The highest BCUT2D eigenvalue weighted by Crippen LogP contribution is 2.17. The van der Waals surface area contributed by atoms with Gasteiger partial charge in [-0.2, -0.15) is 4.37 Å². The van der Waals surface area contributed by atoms with Gasteiger partial charge in [0.25, 0.3) is 0 Å². The second kappa shape index (κ2) is 6.62. The molecule has 0 aliphatic heterocycles. The van der Waals surface area contributed by atoms with E-state index in [-0.39, 0.29) is 31.2 Å². The largest absolute Gasteiger partial charge is 0.481 e. The number of aliphatic carboxylic acids is 1. The normalized spacial score (nSPS) is 12.4. The van der Waals surface area contributed by atoms with E-state index < -0.39 is 12.1 Å². The number of aryl methyl sites for hydroxylation is 1. The molecule has 0 radical (unpaired) electrons. The van der Waals surface area contributed by atoms with Gasteiger partial charge in [0.15, 0.2) is 0 Å². The van der Waals surface area contributed by atoms with Crippen LogP contribution in [-0.4, -0.2) is 43.5 Å². The lowest BCUT2D eigenvalue weighted by atomic mass is 10.2. The average molecular weight is 267 g/mol. The average Bonchev–Trinajstić information content (AvgIpc) is 2.70. The predicted molar refractivity (Wildman–Crippen MR) is 58.1 cm³/mol. The number of aliphatic hydroxyl groups excluding tert-OH is 1. The third-order valence-corrected chi connectivity index (χ3v) is 2.59. The van der Waals surface area contributed by atoms with E-state index in [1.54, 1.807) is 0 Å². The Bertz CT molecular complexity index is 347. The minimum Gasteiger partial charge on any atom is -0.481 e. The number of halogens is 1. The van der Waals surface area contributed by atoms with Crippen molar-refractivity contribution in [3.63, 3.8) is 0 Å². The fraction of sp³-hybridized carbons (Fsp3) is 0.625. The number of hydrogen-bond acceptors (Lipinski definition) is 6. The molecule has 1 aromatic heterocycles. The van der Waals surface area contributed by atoms with Crippen LogP contribution in [-0.2, 0) is 11.2 Å². The van der Waals surface area contributed by atoms with Crippen LogP contribution in [0.25, 0.3) is 0 Å². The first-order valence-electron chi connectivity index (χ1n) is 4.53. The van der Waals surface area contributed by atoms with Crippen LogP contribution in [0.3, 0.4) is 0 Å². The molecule has 16 heavy (non-hydrogen) atoms. The highest BCUT2D eigenvalue weighted by atomic mass is 35.5. The molecular weight excluding hydrogens is 256 g/mol. The molecule has 0 aliphatic rings. The standard InChI is InChI=1S/C8H11ClN2O4S/c9-3-5(12)4-15-8-6(10-16-11-8)1-2-7(13)14/h5,12H,1-4H2,(H,13,14). The zero-order valence-corrected chi connectivity index (χ0v) is 9.87. The lowest BCUT2D eigenvalue weighted by Crippen LogP contribution is -2.19.